The Kier molecular flexibility index (Phi) is 4.75. The summed E-state index contributed by atoms with van der Waals surface area (Å²) in [7, 11) is 1.87. The Labute approximate surface area is 163 Å². The van der Waals surface area contributed by atoms with Gasteiger partial charge < -0.3 is 19.4 Å². The third kappa shape index (κ3) is 3.62. The van der Waals surface area contributed by atoms with Gasteiger partial charge in [0.1, 0.15) is 0 Å². The zero-order chi connectivity index (χ0) is 19.0. The Morgan fingerprint density at radius 1 is 1.30 bits per heavy atom. The summed E-state index contributed by atoms with van der Waals surface area (Å²) in [5, 5.41) is 12.5. The van der Waals surface area contributed by atoms with E-state index in [1.165, 1.54) is 23.1 Å². The lowest BCUT2D eigenvalue weighted by Crippen LogP contribution is -2.14. The number of hydrogen-bond donors (Lipinski definition) is 1. The number of fused-ring (bicyclic) bond motifs is 1. The Hall–Kier alpha value is -2.59. The molecule has 27 heavy (non-hydrogen) atoms. The zero-order valence-electron chi connectivity index (χ0n) is 15.0. The number of thiazole rings is 1. The highest BCUT2D eigenvalue weighted by Gasteiger charge is 2.18. The average Bonchev–Trinajstić information content (AvgIpc) is 3.32. The number of carbonyl (C=O) groups excluding carboxylic acids is 1. The van der Waals surface area contributed by atoms with Gasteiger partial charge >= 0.3 is 0 Å². The summed E-state index contributed by atoms with van der Waals surface area (Å²) in [6.07, 6.45) is 0. The molecule has 10 heteroatoms. The van der Waals surface area contributed by atoms with Gasteiger partial charge in [-0.2, -0.15) is 0 Å². The lowest BCUT2D eigenvalue weighted by molar-refractivity contribution is -0.113. The fourth-order valence-corrected chi connectivity index (χ4v) is 4.08. The molecular formula is C17H17N5O3S2. The van der Waals surface area contributed by atoms with Gasteiger partial charge in [0.15, 0.2) is 27.6 Å². The molecule has 140 valence electrons. The number of hydrogen-bond acceptors (Lipinski definition) is 8. The Balaban J connectivity index is 1.42. The predicted molar refractivity (Wildman–Crippen MR) is 104 cm³/mol. The summed E-state index contributed by atoms with van der Waals surface area (Å²) < 4.78 is 12.6. The van der Waals surface area contributed by atoms with E-state index < -0.39 is 0 Å². The number of benzene rings is 1. The van der Waals surface area contributed by atoms with Gasteiger partial charge in [0.2, 0.25) is 12.7 Å². The second-order valence-electron chi connectivity index (χ2n) is 5.93. The number of carbonyl (C=O) groups is 1. The van der Waals surface area contributed by atoms with Crippen LogP contribution in [0.5, 0.6) is 11.5 Å². The van der Waals surface area contributed by atoms with Gasteiger partial charge in [-0.25, -0.2) is 4.98 Å². The first-order valence-electron chi connectivity index (χ1n) is 8.17. The number of anilines is 1. The van der Waals surface area contributed by atoms with Gasteiger partial charge in [0, 0.05) is 17.5 Å². The molecule has 0 aliphatic carbocycles. The van der Waals surface area contributed by atoms with Crippen molar-refractivity contribution >= 4 is 34.1 Å². The smallest absolute Gasteiger partial charge is 0.236 e. The SMILES string of the molecule is Cc1nc(NC(=O)CSc2nnc(-c3ccc4c(c3)OCO4)n2C)sc1C. The van der Waals surface area contributed by atoms with Crippen LogP contribution in [0.2, 0.25) is 0 Å². The van der Waals surface area contributed by atoms with Crippen LogP contribution in [0, 0.1) is 13.8 Å². The normalized spacial score (nSPS) is 12.4. The second kappa shape index (κ2) is 7.20. The number of aryl methyl sites for hydroxylation is 2. The van der Waals surface area contributed by atoms with Crippen molar-refractivity contribution < 1.29 is 14.3 Å². The highest BCUT2D eigenvalue weighted by atomic mass is 32.2. The summed E-state index contributed by atoms with van der Waals surface area (Å²) in [4.78, 5) is 17.6. The Morgan fingerprint density at radius 3 is 2.89 bits per heavy atom. The van der Waals surface area contributed by atoms with Crippen molar-refractivity contribution in [3.8, 4) is 22.9 Å². The van der Waals surface area contributed by atoms with E-state index >= 15 is 0 Å². The van der Waals surface area contributed by atoms with E-state index in [2.05, 4.69) is 20.5 Å². The molecule has 3 heterocycles. The molecule has 1 N–H and O–H groups in total. The number of rotatable bonds is 5. The molecule has 2 aromatic heterocycles. The minimum Gasteiger partial charge on any atom is -0.454 e. The minimum atomic E-state index is -0.124. The highest BCUT2D eigenvalue weighted by molar-refractivity contribution is 7.99. The fourth-order valence-electron chi connectivity index (χ4n) is 2.54. The molecule has 0 fully saturated rings. The van der Waals surface area contributed by atoms with E-state index in [0.29, 0.717) is 21.9 Å². The van der Waals surface area contributed by atoms with Crippen LogP contribution in [0.4, 0.5) is 5.13 Å². The molecule has 8 nitrogen and oxygen atoms in total. The molecule has 1 aromatic carbocycles. The number of thioether (sulfide) groups is 1. The van der Waals surface area contributed by atoms with E-state index in [4.69, 9.17) is 9.47 Å². The zero-order valence-corrected chi connectivity index (χ0v) is 16.6. The molecule has 0 unspecified atom stereocenters. The Morgan fingerprint density at radius 2 is 2.11 bits per heavy atom. The van der Waals surface area contributed by atoms with E-state index in [-0.39, 0.29) is 18.5 Å². The lowest BCUT2D eigenvalue weighted by atomic mass is 10.2. The van der Waals surface area contributed by atoms with Crippen LogP contribution in [-0.4, -0.2) is 38.2 Å². The maximum absolute atomic E-state index is 12.2. The highest BCUT2D eigenvalue weighted by Crippen LogP contribution is 2.35. The van der Waals surface area contributed by atoms with E-state index in [0.717, 1.165) is 21.9 Å². The molecule has 4 rings (SSSR count). The molecular weight excluding hydrogens is 386 g/mol. The first kappa shape index (κ1) is 17.8. The molecule has 0 bridgehead atoms. The van der Waals surface area contributed by atoms with E-state index in [1.807, 2.05) is 43.7 Å². The minimum absolute atomic E-state index is 0.124. The fraction of sp³-hybridized carbons (Fsp3) is 0.294. The molecule has 1 aliphatic rings. The van der Waals surface area contributed by atoms with Gasteiger partial charge in [-0.1, -0.05) is 11.8 Å². The quantitative estimate of drug-likeness (QED) is 0.655. The van der Waals surface area contributed by atoms with Crippen molar-refractivity contribution in [1.29, 1.82) is 0 Å². The topological polar surface area (TPSA) is 91.2 Å². The second-order valence-corrected chi connectivity index (χ2v) is 8.08. The summed E-state index contributed by atoms with van der Waals surface area (Å²) in [5.41, 5.74) is 1.81. The van der Waals surface area contributed by atoms with Crippen LogP contribution in [0.25, 0.3) is 11.4 Å². The maximum Gasteiger partial charge on any atom is 0.236 e. The number of nitrogens with zero attached hydrogens (tertiary/aromatic N) is 4. The van der Waals surface area contributed by atoms with Crippen LogP contribution in [-0.2, 0) is 11.8 Å². The predicted octanol–water partition coefficient (Wildman–Crippen LogP) is 3.01. The third-order valence-corrected chi connectivity index (χ3v) is 6.08. The van der Waals surface area contributed by atoms with Crippen molar-refractivity contribution in [2.24, 2.45) is 7.05 Å². The summed E-state index contributed by atoms with van der Waals surface area (Å²) in [6.45, 7) is 4.13. The van der Waals surface area contributed by atoms with Crippen LogP contribution < -0.4 is 14.8 Å². The summed E-state index contributed by atoms with van der Waals surface area (Å²) in [6, 6.07) is 5.64. The van der Waals surface area contributed by atoms with Crippen LogP contribution >= 0.6 is 23.1 Å². The van der Waals surface area contributed by atoms with Crippen LogP contribution in [0.3, 0.4) is 0 Å². The van der Waals surface area contributed by atoms with Crippen molar-refractivity contribution in [3.05, 3.63) is 28.8 Å². The van der Waals surface area contributed by atoms with Crippen molar-refractivity contribution in [2.45, 2.75) is 19.0 Å². The molecule has 0 saturated carbocycles. The van der Waals surface area contributed by atoms with Crippen molar-refractivity contribution in [2.75, 3.05) is 17.9 Å². The number of aromatic nitrogens is 4. The molecule has 1 aliphatic heterocycles. The summed E-state index contributed by atoms with van der Waals surface area (Å²) >= 11 is 2.80. The van der Waals surface area contributed by atoms with Gasteiger partial charge in [-0.15, -0.1) is 21.5 Å². The molecule has 1 amide bonds. The van der Waals surface area contributed by atoms with Crippen molar-refractivity contribution in [1.82, 2.24) is 19.7 Å². The Bertz CT molecular complexity index is 995. The first-order valence-corrected chi connectivity index (χ1v) is 9.97. The molecule has 0 atom stereocenters. The van der Waals surface area contributed by atoms with Gasteiger partial charge in [-0.3, -0.25) is 4.79 Å². The third-order valence-electron chi connectivity index (χ3n) is 4.07. The molecule has 0 saturated heterocycles. The number of amides is 1. The van der Waals surface area contributed by atoms with Crippen LogP contribution in [0.15, 0.2) is 23.4 Å². The van der Waals surface area contributed by atoms with Gasteiger partial charge in [0.25, 0.3) is 0 Å². The standard InChI is InChI=1S/C17H17N5O3S2/c1-9-10(2)27-16(18-9)19-14(23)7-26-17-21-20-15(22(17)3)11-4-5-12-13(6-11)25-8-24-12/h4-6H,7-8H2,1-3H3,(H,18,19,23). The molecule has 3 aromatic rings. The molecule has 0 spiro atoms. The number of ether oxygens (including phenoxy) is 2. The van der Waals surface area contributed by atoms with Crippen LogP contribution in [0.1, 0.15) is 10.6 Å². The largest absolute Gasteiger partial charge is 0.454 e. The lowest BCUT2D eigenvalue weighted by Gasteiger charge is -2.05. The monoisotopic (exact) mass is 403 g/mol. The average molecular weight is 403 g/mol. The van der Waals surface area contributed by atoms with Gasteiger partial charge in [0.05, 0.1) is 11.4 Å². The van der Waals surface area contributed by atoms with Crippen molar-refractivity contribution in [3.63, 3.8) is 0 Å². The van der Waals surface area contributed by atoms with E-state index in [9.17, 15) is 4.79 Å². The number of nitrogens with one attached hydrogen (secondary N) is 1. The maximum atomic E-state index is 12.2. The summed E-state index contributed by atoms with van der Waals surface area (Å²) in [5.74, 6) is 2.21. The van der Waals surface area contributed by atoms with Gasteiger partial charge in [-0.05, 0) is 32.0 Å². The van der Waals surface area contributed by atoms with E-state index in [1.54, 1.807) is 0 Å². The first-order chi connectivity index (χ1) is 13.0. The molecule has 0 radical (unpaired) electrons.